The van der Waals surface area contributed by atoms with Crippen molar-refractivity contribution < 1.29 is 24.2 Å². The minimum atomic E-state index is -0.888. The van der Waals surface area contributed by atoms with Gasteiger partial charge in [-0.2, -0.15) is 0 Å². The van der Waals surface area contributed by atoms with E-state index in [2.05, 4.69) is 5.32 Å². The Balaban J connectivity index is 1.82. The molecule has 0 aliphatic carbocycles. The minimum Gasteiger partial charge on any atom is -0.484 e. The van der Waals surface area contributed by atoms with Gasteiger partial charge < -0.3 is 20.1 Å². The van der Waals surface area contributed by atoms with E-state index in [4.69, 9.17) is 9.84 Å². The molecule has 2 amide bonds. The lowest BCUT2D eigenvalue weighted by Gasteiger charge is -2.17. The minimum absolute atomic E-state index is 0.00815. The SMILES string of the molecule is CC(CCC(=O)O)NC(=O)COc1cccc(N2CCCC2=O)c1. The van der Waals surface area contributed by atoms with Crippen LogP contribution in [0.15, 0.2) is 24.3 Å². The summed E-state index contributed by atoms with van der Waals surface area (Å²) >= 11 is 0. The summed E-state index contributed by atoms with van der Waals surface area (Å²) in [6.07, 6.45) is 1.78. The van der Waals surface area contributed by atoms with Crippen molar-refractivity contribution in [2.45, 2.75) is 38.6 Å². The van der Waals surface area contributed by atoms with Crippen molar-refractivity contribution in [1.82, 2.24) is 5.32 Å². The van der Waals surface area contributed by atoms with Gasteiger partial charge in [-0.05, 0) is 31.9 Å². The molecule has 0 bridgehead atoms. The van der Waals surface area contributed by atoms with Gasteiger partial charge in [0.05, 0.1) is 0 Å². The predicted molar refractivity (Wildman–Crippen MR) is 88.0 cm³/mol. The molecule has 7 nitrogen and oxygen atoms in total. The molecule has 0 radical (unpaired) electrons. The quantitative estimate of drug-likeness (QED) is 0.752. The van der Waals surface area contributed by atoms with Crippen molar-refractivity contribution in [2.75, 3.05) is 18.1 Å². The zero-order valence-electron chi connectivity index (χ0n) is 13.7. The van der Waals surface area contributed by atoms with Crippen LogP contribution in [0.4, 0.5) is 5.69 Å². The normalized spacial score (nSPS) is 15.2. The van der Waals surface area contributed by atoms with E-state index in [1.54, 1.807) is 30.0 Å². The van der Waals surface area contributed by atoms with E-state index in [0.29, 0.717) is 25.1 Å². The van der Waals surface area contributed by atoms with Gasteiger partial charge in [-0.3, -0.25) is 14.4 Å². The van der Waals surface area contributed by atoms with Crippen LogP contribution in [-0.4, -0.2) is 42.1 Å². The third-order valence-electron chi connectivity index (χ3n) is 3.77. The fraction of sp³-hybridized carbons (Fsp3) is 0.471. The number of carboxylic acid groups (broad SMARTS) is 1. The van der Waals surface area contributed by atoms with Crippen LogP contribution in [0.2, 0.25) is 0 Å². The van der Waals surface area contributed by atoms with Gasteiger partial charge in [-0.15, -0.1) is 0 Å². The first kappa shape index (κ1) is 17.8. The molecule has 1 heterocycles. The number of carbonyl (C=O) groups excluding carboxylic acids is 2. The Hall–Kier alpha value is -2.57. The number of carbonyl (C=O) groups is 3. The van der Waals surface area contributed by atoms with E-state index < -0.39 is 5.97 Å². The van der Waals surface area contributed by atoms with Crippen LogP contribution in [-0.2, 0) is 14.4 Å². The second-order valence-electron chi connectivity index (χ2n) is 5.84. The largest absolute Gasteiger partial charge is 0.484 e. The first-order valence-electron chi connectivity index (χ1n) is 8.00. The van der Waals surface area contributed by atoms with Crippen molar-refractivity contribution in [3.63, 3.8) is 0 Å². The molecule has 7 heteroatoms. The smallest absolute Gasteiger partial charge is 0.303 e. The average molecular weight is 334 g/mol. The maximum atomic E-state index is 11.8. The summed E-state index contributed by atoms with van der Waals surface area (Å²) in [5.41, 5.74) is 0.769. The van der Waals surface area contributed by atoms with Gasteiger partial charge in [0, 0.05) is 37.2 Å². The fourth-order valence-corrected chi connectivity index (χ4v) is 2.54. The van der Waals surface area contributed by atoms with Crippen LogP contribution >= 0.6 is 0 Å². The maximum absolute atomic E-state index is 11.8. The highest BCUT2D eigenvalue weighted by Gasteiger charge is 2.21. The molecule has 130 valence electrons. The highest BCUT2D eigenvalue weighted by atomic mass is 16.5. The summed E-state index contributed by atoms with van der Waals surface area (Å²) in [5.74, 6) is -0.589. The summed E-state index contributed by atoms with van der Waals surface area (Å²) in [6, 6.07) is 6.86. The fourth-order valence-electron chi connectivity index (χ4n) is 2.54. The number of amides is 2. The topological polar surface area (TPSA) is 95.9 Å². The first-order chi connectivity index (χ1) is 11.5. The Labute approximate surface area is 140 Å². The lowest BCUT2D eigenvalue weighted by molar-refractivity contribution is -0.137. The Morgan fingerprint density at radius 3 is 2.88 bits per heavy atom. The molecule has 2 rings (SSSR count). The molecule has 1 fully saturated rings. The lowest BCUT2D eigenvalue weighted by Crippen LogP contribution is -2.36. The zero-order valence-corrected chi connectivity index (χ0v) is 13.7. The number of aliphatic carboxylic acids is 1. The number of ether oxygens (including phenoxy) is 1. The van der Waals surface area contributed by atoms with Gasteiger partial charge in [-0.25, -0.2) is 0 Å². The third-order valence-corrected chi connectivity index (χ3v) is 3.77. The molecule has 24 heavy (non-hydrogen) atoms. The second-order valence-corrected chi connectivity index (χ2v) is 5.84. The summed E-state index contributed by atoms with van der Waals surface area (Å²) in [5, 5.41) is 11.3. The molecule has 1 aliphatic rings. The summed E-state index contributed by atoms with van der Waals surface area (Å²) in [4.78, 5) is 35.8. The number of carboxylic acids is 1. The molecule has 1 aromatic rings. The molecule has 1 saturated heterocycles. The highest BCUT2D eigenvalue weighted by molar-refractivity contribution is 5.95. The third kappa shape index (κ3) is 5.26. The number of hydrogen-bond donors (Lipinski definition) is 2. The monoisotopic (exact) mass is 334 g/mol. The molecular weight excluding hydrogens is 312 g/mol. The standard InChI is InChI=1S/C17H22N2O5/c1-12(7-8-17(22)23)18-15(20)11-24-14-5-2-4-13(10-14)19-9-3-6-16(19)21/h2,4-5,10,12H,3,6-9,11H2,1H3,(H,18,20)(H,22,23). The van der Waals surface area contributed by atoms with Crippen molar-refractivity contribution >= 4 is 23.5 Å². The molecule has 1 atom stereocenters. The molecule has 1 aromatic carbocycles. The maximum Gasteiger partial charge on any atom is 0.303 e. The van der Waals surface area contributed by atoms with Crippen molar-refractivity contribution in [3.05, 3.63) is 24.3 Å². The molecule has 0 saturated carbocycles. The molecule has 1 aliphatic heterocycles. The van der Waals surface area contributed by atoms with Crippen LogP contribution in [0.1, 0.15) is 32.6 Å². The highest BCUT2D eigenvalue weighted by Crippen LogP contribution is 2.25. The van der Waals surface area contributed by atoms with Crippen LogP contribution in [0.3, 0.4) is 0 Å². The number of anilines is 1. The van der Waals surface area contributed by atoms with Crippen molar-refractivity contribution in [1.29, 1.82) is 0 Å². The summed E-state index contributed by atoms with van der Waals surface area (Å²) in [7, 11) is 0. The van der Waals surface area contributed by atoms with E-state index in [1.807, 2.05) is 6.07 Å². The van der Waals surface area contributed by atoms with Crippen LogP contribution in [0, 0.1) is 0 Å². The number of nitrogens with zero attached hydrogens (tertiary/aromatic N) is 1. The summed E-state index contributed by atoms with van der Waals surface area (Å²) < 4.78 is 5.46. The molecule has 2 N–H and O–H groups in total. The van der Waals surface area contributed by atoms with E-state index in [9.17, 15) is 14.4 Å². The lowest BCUT2D eigenvalue weighted by atomic mass is 10.2. The number of rotatable bonds is 8. The predicted octanol–water partition coefficient (Wildman–Crippen LogP) is 1.56. The first-order valence-corrected chi connectivity index (χ1v) is 8.00. The average Bonchev–Trinajstić information content (AvgIpc) is 2.97. The molecule has 0 aromatic heterocycles. The number of nitrogens with one attached hydrogen (secondary N) is 1. The van der Waals surface area contributed by atoms with Gasteiger partial charge in [0.1, 0.15) is 5.75 Å². The van der Waals surface area contributed by atoms with E-state index in [-0.39, 0.29) is 30.9 Å². The van der Waals surface area contributed by atoms with E-state index in [0.717, 1.165) is 12.1 Å². The Bertz CT molecular complexity index is 617. The van der Waals surface area contributed by atoms with Gasteiger partial charge in [0.15, 0.2) is 6.61 Å². The molecule has 1 unspecified atom stereocenters. The van der Waals surface area contributed by atoms with Crippen LogP contribution < -0.4 is 15.0 Å². The Morgan fingerprint density at radius 1 is 1.42 bits per heavy atom. The summed E-state index contributed by atoms with van der Waals surface area (Å²) in [6.45, 7) is 2.29. The van der Waals surface area contributed by atoms with Gasteiger partial charge in [0.25, 0.3) is 5.91 Å². The van der Waals surface area contributed by atoms with Gasteiger partial charge >= 0.3 is 5.97 Å². The Kier molecular flexibility index (Phi) is 6.17. The van der Waals surface area contributed by atoms with Crippen molar-refractivity contribution in [3.8, 4) is 5.75 Å². The Morgan fingerprint density at radius 2 is 2.21 bits per heavy atom. The van der Waals surface area contributed by atoms with Gasteiger partial charge in [-0.1, -0.05) is 6.07 Å². The second kappa shape index (κ2) is 8.33. The number of benzene rings is 1. The van der Waals surface area contributed by atoms with E-state index in [1.165, 1.54) is 0 Å². The zero-order chi connectivity index (χ0) is 17.5. The van der Waals surface area contributed by atoms with Crippen molar-refractivity contribution in [2.24, 2.45) is 0 Å². The molecular formula is C17H22N2O5. The van der Waals surface area contributed by atoms with Crippen LogP contribution in [0.25, 0.3) is 0 Å². The number of hydrogen-bond acceptors (Lipinski definition) is 4. The van der Waals surface area contributed by atoms with E-state index >= 15 is 0 Å². The van der Waals surface area contributed by atoms with Gasteiger partial charge in [0.2, 0.25) is 5.91 Å². The molecule has 0 spiro atoms. The van der Waals surface area contributed by atoms with Crippen LogP contribution in [0.5, 0.6) is 5.75 Å².